The molecule has 0 fully saturated rings. The Morgan fingerprint density at radius 1 is 0.762 bits per heavy atom. The number of methoxy groups -OCH3 is 1. The van der Waals surface area contributed by atoms with Crippen molar-refractivity contribution in [3.8, 4) is 5.75 Å². The van der Waals surface area contributed by atoms with Crippen molar-refractivity contribution in [2.24, 2.45) is 0 Å². The van der Waals surface area contributed by atoms with E-state index in [1.807, 2.05) is 12.1 Å². The Morgan fingerprint density at radius 3 is 2.14 bits per heavy atom. The van der Waals surface area contributed by atoms with Gasteiger partial charge in [0.2, 0.25) is 0 Å². The minimum absolute atomic E-state index is 0.102. The van der Waals surface area contributed by atoms with E-state index < -0.39 is 0 Å². The first kappa shape index (κ1) is 16.3. The molecule has 21 heavy (non-hydrogen) atoms. The lowest BCUT2D eigenvalue weighted by atomic mass is 10.3. The molecule has 0 heterocycles. The van der Waals surface area contributed by atoms with Crippen LogP contribution >= 0.6 is 0 Å². The molecule has 0 aliphatic rings. The van der Waals surface area contributed by atoms with Gasteiger partial charge in [0.05, 0.1) is 19.8 Å². The third kappa shape index (κ3) is 6.46. The van der Waals surface area contributed by atoms with Gasteiger partial charge in [0, 0.05) is 7.11 Å². The van der Waals surface area contributed by atoms with Crippen LogP contribution in [0.2, 0.25) is 0 Å². The molecule has 0 aliphatic carbocycles. The summed E-state index contributed by atoms with van der Waals surface area (Å²) in [6.07, 6.45) is 0. The van der Waals surface area contributed by atoms with Crippen LogP contribution in [0.3, 0.4) is 0 Å². The van der Waals surface area contributed by atoms with Crippen LogP contribution in [0.25, 0.3) is 0 Å². The van der Waals surface area contributed by atoms with Gasteiger partial charge in [-0.2, -0.15) is 0 Å². The molecule has 0 spiro atoms. The van der Waals surface area contributed by atoms with E-state index in [2.05, 4.69) is 42.5 Å². The highest BCUT2D eigenvalue weighted by atomic mass is 127. The summed E-state index contributed by atoms with van der Waals surface area (Å²) in [5.41, 5.74) is 0. The summed E-state index contributed by atoms with van der Waals surface area (Å²) in [5.74, 6) is 0.895. The molecule has 0 aliphatic heterocycles. The molecule has 0 bridgehead atoms. The Hall–Kier alpha value is -1.11. The smallest absolute Gasteiger partial charge is 0.357 e. The third-order valence-electron chi connectivity index (χ3n) is 2.69. The van der Waals surface area contributed by atoms with Crippen molar-refractivity contribution in [3.63, 3.8) is 0 Å². The maximum atomic E-state index is 5.64. The number of ether oxygens (including phenoxy) is 3. The van der Waals surface area contributed by atoms with Crippen molar-refractivity contribution >= 4 is 0 Å². The van der Waals surface area contributed by atoms with Gasteiger partial charge in [-0.3, -0.25) is 0 Å². The molecular weight excluding hydrogens is 379 g/mol. The fourth-order valence-corrected chi connectivity index (χ4v) is 3.87. The van der Waals surface area contributed by atoms with Gasteiger partial charge in [0.15, 0.2) is 7.14 Å². The summed E-state index contributed by atoms with van der Waals surface area (Å²) in [4.78, 5) is 0. The van der Waals surface area contributed by atoms with Crippen LogP contribution < -0.4 is 25.9 Å². The minimum atomic E-state index is -0.102. The predicted octanol–water partition coefficient (Wildman–Crippen LogP) is -0.143. The average Bonchev–Trinajstić information content (AvgIpc) is 2.53. The van der Waals surface area contributed by atoms with Crippen molar-refractivity contribution in [1.82, 2.24) is 0 Å². The summed E-state index contributed by atoms with van der Waals surface area (Å²) >= 11 is -0.102. The van der Waals surface area contributed by atoms with Crippen molar-refractivity contribution in [3.05, 3.63) is 61.7 Å². The zero-order valence-corrected chi connectivity index (χ0v) is 14.3. The molecular formula is C17H20IO3+. The lowest BCUT2D eigenvalue weighted by molar-refractivity contribution is -0.597. The van der Waals surface area contributed by atoms with Gasteiger partial charge in [0.1, 0.15) is 12.4 Å². The zero-order chi connectivity index (χ0) is 14.8. The summed E-state index contributed by atoms with van der Waals surface area (Å²) in [5, 5.41) is 0. The summed E-state index contributed by atoms with van der Waals surface area (Å²) in [6, 6.07) is 19.0. The summed E-state index contributed by atoms with van der Waals surface area (Å²) < 4.78 is 18.7. The first-order chi connectivity index (χ1) is 10.4. The van der Waals surface area contributed by atoms with E-state index in [0.29, 0.717) is 26.4 Å². The Morgan fingerprint density at radius 2 is 1.43 bits per heavy atom. The predicted molar refractivity (Wildman–Crippen MR) is 78.5 cm³/mol. The second-order valence-corrected chi connectivity index (χ2v) is 7.33. The molecule has 0 N–H and O–H groups in total. The number of hydrogen-bond acceptors (Lipinski definition) is 3. The molecule has 4 heteroatoms. The van der Waals surface area contributed by atoms with Gasteiger partial charge in [-0.25, -0.2) is 0 Å². The fourth-order valence-electron chi connectivity index (χ4n) is 1.66. The van der Waals surface area contributed by atoms with Crippen LogP contribution in [0.15, 0.2) is 54.6 Å². The van der Waals surface area contributed by atoms with Gasteiger partial charge >= 0.3 is 21.2 Å². The Labute approximate surface area is 136 Å². The molecule has 2 aromatic carbocycles. The number of halogens is 1. The molecule has 0 radical (unpaired) electrons. The summed E-state index contributed by atoms with van der Waals surface area (Å²) in [6.45, 7) is 2.39. The molecule has 0 unspecified atom stereocenters. The van der Waals surface area contributed by atoms with Gasteiger partial charge in [0.25, 0.3) is 0 Å². The highest BCUT2D eigenvalue weighted by Gasteiger charge is 2.14. The Balaban J connectivity index is 1.72. The molecule has 2 rings (SSSR count). The highest BCUT2D eigenvalue weighted by molar-refractivity contribution is 5.20. The van der Waals surface area contributed by atoms with Crippen LogP contribution in [0, 0.1) is 7.14 Å². The van der Waals surface area contributed by atoms with E-state index in [4.69, 9.17) is 14.2 Å². The van der Waals surface area contributed by atoms with E-state index in [0.717, 1.165) is 5.75 Å². The van der Waals surface area contributed by atoms with E-state index in [9.17, 15) is 0 Å². The van der Waals surface area contributed by atoms with Crippen molar-refractivity contribution in [1.29, 1.82) is 0 Å². The molecule has 0 amide bonds. The molecule has 2 aromatic rings. The van der Waals surface area contributed by atoms with Crippen molar-refractivity contribution < 1.29 is 35.4 Å². The van der Waals surface area contributed by atoms with Crippen LogP contribution in [-0.2, 0) is 9.47 Å². The van der Waals surface area contributed by atoms with Crippen LogP contribution in [0.1, 0.15) is 0 Å². The maximum absolute atomic E-state index is 5.64. The topological polar surface area (TPSA) is 27.7 Å². The zero-order valence-electron chi connectivity index (χ0n) is 12.1. The monoisotopic (exact) mass is 399 g/mol. The lowest BCUT2D eigenvalue weighted by Gasteiger charge is -2.06. The Kier molecular flexibility index (Phi) is 7.56. The second-order valence-electron chi connectivity index (χ2n) is 4.30. The largest absolute Gasteiger partial charge is 0.491 e. The SMILES string of the molecule is COCCOCCOc1ccc([I+]c2ccccc2)cc1. The fraction of sp³-hybridized carbons (Fsp3) is 0.294. The molecule has 0 saturated heterocycles. The third-order valence-corrected chi connectivity index (χ3v) is 5.38. The maximum Gasteiger partial charge on any atom is 0.357 e. The van der Waals surface area contributed by atoms with E-state index in [1.54, 1.807) is 7.11 Å². The van der Waals surface area contributed by atoms with Crippen molar-refractivity contribution in [2.75, 3.05) is 33.5 Å². The molecule has 112 valence electrons. The molecule has 3 nitrogen and oxygen atoms in total. The van der Waals surface area contributed by atoms with E-state index >= 15 is 0 Å². The lowest BCUT2D eigenvalue weighted by Crippen LogP contribution is -3.61. The molecule has 0 atom stereocenters. The first-order valence-corrected chi connectivity index (χ1v) is 9.03. The first-order valence-electron chi connectivity index (χ1n) is 6.88. The van der Waals surface area contributed by atoms with E-state index in [1.165, 1.54) is 7.14 Å². The van der Waals surface area contributed by atoms with Gasteiger partial charge in [-0.1, -0.05) is 18.2 Å². The standard InChI is InChI=1S/C17H20IO3/c1-19-11-12-20-13-14-21-17-9-7-16(8-10-17)18-15-5-3-2-4-6-15/h2-10H,11-14H2,1H3/q+1. The van der Waals surface area contributed by atoms with Crippen LogP contribution in [-0.4, -0.2) is 33.5 Å². The quantitative estimate of drug-likeness (QED) is 0.434. The van der Waals surface area contributed by atoms with Crippen LogP contribution in [0.4, 0.5) is 0 Å². The minimum Gasteiger partial charge on any atom is -0.491 e. The van der Waals surface area contributed by atoms with E-state index in [-0.39, 0.29) is 21.2 Å². The number of hydrogen-bond donors (Lipinski definition) is 0. The Bertz CT molecular complexity index is 499. The van der Waals surface area contributed by atoms with Gasteiger partial charge < -0.3 is 14.2 Å². The van der Waals surface area contributed by atoms with Gasteiger partial charge in [-0.15, -0.1) is 0 Å². The summed E-state index contributed by atoms with van der Waals surface area (Å²) in [7, 11) is 1.67. The van der Waals surface area contributed by atoms with Gasteiger partial charge in [-0.05, 0) is 36.4 Å². The molecule has 0 aromatic heterocycles. The number of rotatable bonds is 9. The van der Waals surface area contributed by atoms with Crippen LogP contribution in [0.5, 0.6) is 5.75 Å². The van der Waals surface area contributed by atoms with Crippen molar-refractivity contribution in [2.45, 2.75) is 0 Å². The second kappa shape index (κ2) is 9.76. The normalized spacial score (nSPS) is 10.5. The number of benzene rings is 2. The average molecular weight is 399 g/mol. The molecule has 0 saturated carbocycles. The highest BCUT2D eigenvalue weighted by Crippen LogP contribution is 2.07.